The van der Waals surface area contributed by atoms with Gasteiger partial charge in [0.15, 0.2) is 17.5 Å². The van der Waals surface area contributed by atoms with Gasteiger partial charge in [0.05, 0.1) is 11.2 Å². The van der Waals surface area contributed by atoms with Crippen molar-refractivity contribution in [2.45, 2.75) is 0 Å². The van der Waals surface area contributed by atoms with E-state index in [0.717, 1.165) is 88.4 Å². The molecule has 0 amide bonds. The lowest BCUT2D eigenvalue weighted by Gasteiger charge is -2.16. The molecule has 0 N–H and O–H groups in total. The second-order valence-electron chi connectivity index (χ2n) is 16.1. The highest BCUT2D eigenvalue weighted by molar-refractivity contribution is 7.26. The van der Waals surface area contributed by atoms with Crippen LogP contribution in [0, 0.1) is 0 Å². The zero-order chi connectivity index (χ0) is 42.1. The number of thiophene rings is 1. The molecule has 5 nitrogen and oxygen atoms in total. The van der Waals surface area contributed by atoms with Crippen LogP contribution in [0.15, 0.2) is 211 Å². The molecule has 298 valence electrons. The highest BCUT2D eigenvalue weighted by Crippen LogP contribution is 2.46. The lowest BCUT2D eigenvalue weighted by molar-refractivity contribution is 0.669. The molecule has 0 saturated heterocycles. The van der Waals surface area contributed by atoms with Crippen molar-refractivity contribution in [3.63, 3.8) is 0 Å². The van der Waals surface area contributed by atoms with E-state index < -0.39 is 0 Å². The molecule has 0 bridgehead atoms. The summed E-state index contributed by atoms with van der Waals surface area (Å²) < 4.78 is 9.01. The number of fused-ring (bicyclic) bond motifs is 9. The van der Waals surface area contributed by atoms with E-state index in [-0.39, 0.29) is 0 Å². The summed E-state index contributed by atoms with van der Waals surface area (Å²) >= 11 is 1.78. The van der Waals surface area contributed by atoms with Crippen LogP contribution in [0.25, 0.3) is 131 Å². The Morgan fingerprint density at radius 2 is 0.906 bits per heavy atom. The van der Waals surface area contributed by atoms with Crippen LogP contribution in [0.2, 0.25) is 0 Å². The maximum Gasteiger partial charge on any atom is 0.165 e. The molecule has 0 radical (unpaired) electrons. The van der Waals surface area contributed by atoms with Crippen LogP contribution in [-0.4, -0.2) is 19.9 Å². The molecule has 0 aliphatic heterocycles. The Morgan fingerprint density at radius 3 is 1.66 bits per heavy atom. The molecular weight excluding hydrogens is 801 g/mol. The van der Waals surface area contributed by atoms with E-state index in [4.69, 9.17) is 24.4 Å². The summed E-state index contributed by atoms with van der Waals surface area (Å²) in [5.74, 6) is 1.93. The lowest BCUT2D eigenvalue weighted by Crippen LogP contribution is -2.00. The third kappa shape index (κ3) is 5.92. The van der Waals surface area contributed by atoms with Gasteiger partial charge in [-0.25, -0.2) is 19.9 Å². The summed E-state index contributed by atoms with van der Waals surface area (Å²) in [6.07, 6.45) is 0. The van der Waals surface area contributed by atoms with Crippen LogP contribution in [0.4, 0.5) is 0 Å². The van der Waals surface area contributed by atoms with E-state index in [0.29, 0.717) is 17.5 Å². The predicted molar refractivity (Wildman–Crippen MR) is 265 cm³/mol. The fraction of sp³-hybridized carbons (Fsp3) is 0. The van der Waals surface area contributed by atoms with Crippen molar-refractivity contribution >= 4 is 75.1 Å². The Labute approximate surface area is 371 Å². The highest BCUT2D eigenvalue weighted by atomic mass is 32.1. The van der Waals surface area contributed by atoms with Crippen molar-refractivity contribution in [1.82, 2.24) is 19.9 Å². The summed E-state index contributed by atoms with van der Waals surface area (Å²) in [5.41, 5.74) is 12.0. The van der Waals surface area contributed by atoms with Crippen molar-refractivity contribution in [2.75, 3.05) is 0 Å². The van der Waals surface area contributed by atoms with Gasteiger partial charge in [-0.05, 0) is 47.0 Å². The average Bonchev–Trinajstić information content (AvgIpc) is 3.94. The topological polar surface area (TPSA) is 64.7 Å². The summed E-state index contributed by atoms with van der Waals surface area (Å²) in [6.45, 7) is 0. The number of hydrogen-bond acceptors (Lipinski definition) is 6. The summed E-state index contributed by atoms with van der Waals surface area (Å²) in [7, 11) is 0. The van der Waals surface area contributed by atoms with E-state index >= 15 is 0 Å². The molecule has 9 aromatic carbocycles. The standard InChI is InChI=1S/C58H34N4OS/c1-3-14-37(15-4-1)51-52-43-19-7-10-23-47(43)59-54(46(52)34-49-53(51)44-20-8-11-24-48(44)63-49)38-30-26-35(27-31-38)36-28-32-40(33-29-36)57-60-56(39-16-5-2-6-17-39)61-58(62-57)45-22-13-21-42-41-18-9-12-25-50(41)64-55(42)45/h1-34H. The Morgan fingerprint density at radius 1 is 0.344 bits per heavy atom. The van der Waals surface area contributed by atoms with Crippen LogP contribution < -0.4 is 0 Å². The number of benzene rings is 9. The van der Waals surface area contributed by atoms with E-state index in [1.165, 1.54) is 25.6 Å². The molecule has 0 saturated carbocycles. The second kappa shape index (κ2) is 14.7. The van der Waals surface area contributed by atoms with Crippen LogP contribution >= 0.6 is 11.3 Å². The first kappa shape index (κ1) is 36.3. The summed E-state index contributed by atoms with van der Waals surface area (Å²) in [6, 6.07) is 72.0. The predicted octanol–water partition coefficient (Wildman–Crippen LogP) is 15.8. The Bertz CT molecular complexity index is 3930. The molecule has 0 atom stereocenters. The molecule has 64 heavy (non-hydrogen) atoms. The number of para-hydroxylation sites is 2. The maximum atomic E-state index is 6.59. The molecule has 0 aliphatic carbocycles. The highest BCUT2D eigenvalue weighted by Gasteiger charge is 2.22. The van der Waals surface area contributed by atoms with Gasteiger partial charge in [0.2, 0.25) is 0 Å². The van der Waals surface area contributed by atoms with Gasteiger partial charge in [-0.2, -0.15) is 0 Å². The molecule has 4 heterocycles. The maximum absolute atomic E-state index is 6.59. The summed E-state index contributed by atoms with van der Waals surface area (Å²) in [5, 5.41) is 8.01. The van der Waals surface area contributed by atoms with Gasteiger partial charge >= 0.3 is 0 Å². The van der Waals surface area contributed by atoms with Crippen molar-refractivity contribution in [1.29, 1.82) is 0 Å². The fourth-order valence-electron chi connectivity index (χ4n) is 9.33. The Balaban J connectivity index is 0.910. The SMILES string of the molecule is c1ccc(-c2nc(-c3ccc(-c4ccc(-c5nc6ccccc6c6c(-c7ccccc7)c7c(cc56)oc5ccccc57)cc4)cc3)nc(-c3cccc4c3sc3ccccc34)n2)cc1. The lowest BCUT2D eigenvalue weighted by atomic mass is 9.89. The molecule has 0 fully saturated rings. The van der Waals surface area contributed by atoms with Crippen LogP contribution in [0.5, 0.6) is 0 Å². The average molecular weight is 835 g/mol. The number of pyridine rings is 1. The van der Waals surface area contributed by atoms with Crippen LogP contribution in [-0.2, 0) is 0 Å². The van der Waals surface area contributed by atoms with Crippen LogP contribution in [0.1, 0.15) is 0 Å². The van der Waals surface area contributed by atoms with Gasteiger partial charge in [-0.3, -0.25) is 0 Å². The quantitative estimate of drug-likeness (QED) is 0.156. The first-order valence-corrected chi connectivity index (χ1v) is 22.2. The van der Waals surface area contributed by atoms with Crippen molar-refractivity contribution in [3.8, 4) is 67.7 Å². The molecule has 6 heteroatoms. The minimum Gasteiger partial charge on any atom is -0.456 e. The van der Waals surface area contributed by atoms with Gasteiger partial charge in [0.1, 0.15) is 11.2 Å². The van der Waals surface area contributed by atoms with Crippen molar-refractivity contribution in [3.05, 3.63) is 206 Å². The number of rotatable bonds is 6. The Kier molecular flexibility index (Phi) is 8.32. The number of nitrogens with zero attached hydrogens (tertiary/aromatic N) is 4. The van der Waals surface area contributed by atoms with E-state index in [2.05, 4.69) is 170 Å². The first-order valence-electron chi connectivity index (χ1n) is 21.4. The van der Waals surface area contributed by atoms with Gasteiger partial charge in [0.25, 0.3) is 0 Å². The van der Waals surface area contributed by atoms with Crippen molar-refractivity contribution in [2.24, 2.45) is 0 Å². The molecule has 0 unspecified atom stereocenters. The molecule has 13 aromatic rings. The van der Waals surface area contributed by atoms with Crippen LogP contribution in [0.3, 0.4) is 0 Å². The third-order valence-electron chi connectivity index (χ3n) is 12.3. The molecule has 13 rings (SSSR count). The van der Waals surface area contributed by atoms with Crippen molar-refractivity contribution < 1.29 is 4.42 Å². The summed E-state index contributed by atoms with van der Waals surface area (Å²) in [4.78, 5) is 20.6. The molecule has 0 aliphatic rings. The first-order chi connectivity index (χ1) is 31.7. The van der Waals surface area contributed by atoms with E-state index in [9.17, 15) is 0 Å². The molecular formula is C58H34N4OS. The smallest absolute Gasteiger partial charge is 0.165 e. The van der Waals surface area contributed by atoms with Gasteiger partial charge in [-0.15, -0.1) is 11.3 Å². The number of aromatic nitrogens is 4. The molecule has 4 aromatic heterocycles. The van der Waals surface area contributed by atoms with E-state index in [1.54, 1.807) is 11.3 Å². The minimum absolute atomic E-state index is 0.631. The zero-order valence-electron chi connectivity index (χ0n) is 34.2. The zero-order valence-corrected chi connectivity index (χ0v) is 35.1. The Hall–Kier alpha value is -8.32. The number of furan rings is 1. The van der Waals surface area contributed by atoms with E-state index in [1.807, 2.05) is 36.4 Å². The second-order valence-corrected chi connectivity index (χ2v) is 17.1. The molecule has 0 spiro atoms. The van der Waals surface area contributed by atoms with Gasteiger partial charge in [-0.1, -0.05) is 176 Å². The largest absolute Gasteiger partial charge is 0.456 e. The fourth-order valence-corrected chi connectivity index (χ4v) is 10.5. The van der Waals surface area contributed by atoms with Gasteiger partial charge < -0.3 is 4.42 Å². The minimum atomic E-state index is 0.631. The third-order valence-corrected chi connectivity index (χ3v) is 13.6. The monoisotopic (exact) mass is 834 g/mol. The number of hydrogen-bond donors (Lipinski definition) is 0. The van der Waals surface area contributed by atoms with Gasteiger partial charge in [0, 0.05) is 74.9 Å². The normalized spacial score (nSPS) is 11.8.